The number of amides is 1. The summed E-state index contributed by atoms with van der Waals surface area (Å²) in [6.45, 7) is 5.53. The summed E-state index contributed by atoms with van der Waals surface area (Å²) in [5, 5.41) is 2.94. The molecule has 0 atom stereocenters. The number of hydrogen-bond acceptors (Lipinski definition) is 3. The number of nitrogens with zero attached hydrogens (tertiary/aromatic N) is 3. The summed E-state index contributed by atoms with van der Waals surface area (Å²) < 4.78 is 2.17. The van der Waals surface area contributed by atoms with E-state index in [1.165, 1.54) is 25.9 Å². The number of aryl methyl sites for hydroxylation is 1. The number of fused-ring (bicyclic) bond motifs is 1. The molecule has 2 aromatic rings. The van der Waals surface area contributed by atoms with Gasteiger partial charge in [0.15, 0.2) is 0 Å². The predicted octanol–water partition coefficient (Wildman–Crippen LogP) is 2.95. The fraction of sp³-hybridized carbons (Fsp3) is 0.556. The average Bonchev–Trinajstić information content (AvgIpc) is 3.14. The lowest BCUT2D eigenvalue weighted by Crippen LogP contribution is -2.22. The van der Waals surface area contributed by atoms with E-state index in [1.54, 1.807) is 0 Å². The third-order valence-corrected chi connectivity index (χ3v) is 4.58. The number of likely N-dealkylation sites (tertiary alicyclic amines) is 1. The molecule has 5 nitrogen and oxygen atoms in total. The predicted molar refractivity (Wildman–Crippen MR) is 93.6 cm³/mol. The van der Waals surface area contributed by atoms with Crippen molar-refractivity contribution in [2.45, 2.75) is 39.0 Å². The topological polar surface area (TPSA) is 50.2 Å². The number of anilines is 1. The van der Waals surface area contributed by atoms with Crippen molar-refractivity contribution in [2.75, 3.05) is 25.0 Å². The van der Waals surface area contributed by atoms with Crippen LogP contribution in [-0.4, -0.2) is 40.0 Å². The fourth-order valence-corrected chi connectivity index (χ4v) is 3.27. The summed E-state index contributed by atoms with van der Waals surface area (Å²) in [6.07, 6.45) is 5.04. The van der Waals surface area contributed by atoms with Gasteiger partial charge in [-0.2, -0.15) is 0 Å². The highest BCUT2D eigenvalue weighted by Gasteiger charge is 2.14. The molecule has 23 heavy (non-hydrogen) atoms. The zero-order valence-electron chi connectivity index (χ0n) is 14.1. The molecule has 0 saturated carbocycles. The SMILES string of the molecule is CCCC(=O)Nc1ccc2c(c1)nc(CCN1CCCC1)n2C. The van der Waals surface area contributed by atoms with Crippen molar-refractivity contribution in [1.29, 1.82) is 0 Å². The maximum absolute atomic E-state index is 11.7. The quantitative estimate of drug-likeness (QED) is 0.892. The standard InChI is InChI=1S/C18H26N4O/c1-3-6-18(23)19-14-7-8-16-15(13-14)20-17(21(16)2)9-12-22-10-4-5-11-22/h7-8,13H,3-6,9-12H2,1-2H3,(H,19,23). The number of rotatable bonds is 6. The first-order valence-corrected chi connectivity index (χ1v) is 8.65. The molecule has 3 rings (SSSR count). The van der Waals surface area contributed by atoms with Crippen LogP contribution in [0.15, 0.2) is 18.2 Å². The van der Waals surface area contributed by atoms with Crippen molar-refractivity contribution >= 4 is 22.6 Å². The Morgan fingerprint density at radius 1 is 1.30 bits per heavy atom. The van der Waals surface area contributed by atoms with Gasteiger partial charge in [-0.15, -0.1) is 0 Å². The van der Waals surface area contributed by atoms with Crippen molar-refractivity contribution in [2.24, 2.45) is 7.05 Å². The van der Waals surface area contributed by atoms with Crippen LogP contribution in [-0.2, 0) is 18.3 Å². The van der Waals surface area contributed by atoms with Gasteiger partial charge in [0, 0.05) is 32.1 Å². The number of carbonyl (C=O) groups excluding carboxylic acids is 1. The molecular weight excluding hydrogens is 288 g/mol. The van der Waals surface area contributed by atoms with Crippen LogP contribution in [0.1, 0.15) is 38.4 Å². The molecule has 0 radical (unpaired) electrons. The molecule has 5 heteroatoms. The summed E-state index contributed by atoms with van der Waals surface area (Å²) in [5.41, 5.74) is 2.91. The average molecular weight is 314 g/mol. The van der Waals surface area contributed by atoms with E-state index in [4.69, 9.17) is 4.98 Å². The van der Waals surface area contributed by atoms with E-state index in [0.717, 1.165) is 41.9 Å². The molecule has 2 heterocycles. The Bertz CT molecular complexity index is 686. The smallest absolute Gasteiger partial charge is 0.224 e. The molecule has 0 unspecified atom stereocenters. The van der Waals surface area contributed by atoms with E-state index < -0.39 is 0 Å². The number of imidazole rings is 1. The Morgan fingerprint density at radius 2 is 2.09 bits per heavy atom. The molecule has 1 N–H and O–H groups in total. The summed E-state index contributed by atoms with van der Waals surface area (Å²) in [5.74, 6) is 1.18. The first-order chi connectivity index (χ1) is 11.2. The van der Waals surface area contributed by atoms with Gasteiger partial charge in [-0.1, -0.05) is 6.92 Å². The molecule has 1 aliphatic heterocycles. The van der Waals surface area contributed by atoms with E-state index in [-0.39, 0.29) is 5.91 Å². The second-order valence-corrected chi connectivity index (χ2v) is 6.39. The van der Waals surface area contributed by atoms with Crippen LogP contribution in [0.25, 0.3) is 11.0 Å². The third kappa shape index (κ3) is 3.72. The molecule has 0 spiro atoms. The molecule has 124 valence electrons. The van der Waals surface area contributed by atoms with Gasteiger partial charge in [-0.3, -0.25) is 4.79 Å². The normalized spacial score (nSPS) is 15.4. The molecule has 1 fully saturated rings. The molecule has 1 aliphatic rings. The summed E-state index contributed by atoms with van der Waals surface area (Å²) in [4.78, 5) is 19.0. The summed E-state index contributed by atoms with van der Waals surface area (Å²) in [6, 6.07) is 5.98. The van der Waals surface area contributed by atoms with E-state index >= 15 is 0 Å². The largest absolute Gasteiger partial charge is 0.331 e. The minimum atomic E-state index is 0.0667. The highest BCUT2D eigenvalue weighted by Crippen LogP contribution is 2.20. The minimum absolute atomic E-state index is 0.0667. The van der Waals surface area contributed by atoms with Gasteiger partial charge in [0.2, 0.25) is 5.91 Å². The van der Waals surface area contributed by atoms with Gasteiger partial charge in [-0.25, -0.2) is 4.98 Å². The van der Waals surface area contributed by atoms with E-state index in [9.17, 15) is 4.79 Å². The van der Waals surface area contributed by atoms with Crippen LogP contribution in [0, 0.1) is 0 Å². The van der Waals surface area contributed by atoms with Crippen LogP contribution in [0.4, 0.5) is 5.69 Å². The van der Waals surface area contributed by atoms with Crippen LogP contribution in [0.2, 0.25) is 0 Å². The van der Waals surface area contributed by atoms with Gasteiger partial charge < -0.3 is 14.8 Å². The zero-order chi connectivity index (χ0) is 16.2. The Hall–Kier alpha value is -1.88. The highest BCUT2D eigenvalue weighted by atomic mass is 16.1. The number of nitrogens with one attached hydrogen (secondary N) is 1. The molecule has 0 bridgehead atoms. The Balaban J connectivity index is 1.73. The first kappa shape index (κ1) is 16.0. The van der Waals surface area contributed by atoms with Crippen molar-refractivity contribution < 1.29 is 4.79 Å². The lowest BCUT2D eigenvalue weighted by molar-refractivity contribution is -0.116. The summed E-state index contributed by atoms with van der Waals surface area (Å²) >= 11 is 0. The Kier molecular flexibility index (Phi) is 4.96. The minimum Gasteiger partial charge on any atom is -0.331 e. The monoisotopic (exact) mass is 314 g/mol. The lowest BCUT2D eigenvalue weighted by Gasteiger charge is -2.13. The van der Waals surface area contributed by atoms with E-state index in [0.29, 0.717) is 6.42 Å². The maximum Gasteiger partial charge on any atom is 0.224 e. The zero-order valence-corrected chi connectivity index (χ0v) is 14.1. The Morgan fingerprint density at radius 3 is 2.83 bits per heavy atom. The number of benzene rings is 1. The Labute approximate surface area is 137 Å². The van der Waals surface area contributed by atoms with Gasteiger partial charge in [0.1, 0.15) is 5.82 Å². The fourth-order valence-electron chi connectivity index (χ4n) is 3.27. The maximum atomic E-state index is 11.7. The van der Waals surface area contributed by atoms with Crippen molar-refractivity contribution in [1.82, 2.24) is 14.5 Å². The van der Waals surface area contributed by atoms with Crippen LogP contribution in [0.3, 0.4) is 0 Å². The molecule has 1 aromatic heterocycles. The van der Waals surface area contributed by atoms with E-state index in [1.807, 2.05) is 25.1 Å². The molecule has 0 aliphatic carbocycles. The van der Waals surface area contributed by atoms with Crippen LogP contribution < -0.4 is 5.32 Å². The van der Waals surface area contributed by atoms with Crippen molar-refractivity contribution in [3.05, 3.63) is 24.0 Å². The van der Waals surface area contributed by atoms with E-state index in [2.05, 4.69) is 21.8 Å². The van der Waals surface area contributed by atoms with Crippen molar-refractivity contribution in [3.8, 4) is 0 Å². The molecule has 1 aromatic carbocycles. The van der Waals surface area contributed by atoms with Gasteiger partial charge in [0.25, 0.3) is 0 Å². The second-order valence-electron chi connectivity index (χ2n) is 6.39. The van der Waals surface area contributed by atoms with Crippen LogP contribution >= 0.6 is 0 Å². The second kappa shape index (κ2) is 7.13. The third-order valence-electron chi connectivity index (χ3n) is 4.58. The number of hydrogen-bond donors (Lipinski definition) is 1. The van der Waals surface area contributed by atoms with Crippen LogP contribution in [0.5, 0.6) is 0 Å². The summed E-state index contributed by atoms with van der Waals surface area (Å²) in [7, 11) is 2.07. The van der Waals surface area contributed by atoms with Gasteiger partial charge in [0.05, 0.1) is 11.0 Å². The highest BCUT2D eigenvalue weighted by molar-refractivity contribution is 5.93. The molecular formula is C18H26N4O. The lowest BCUT2D eigenvalue weighted by atomic mass is 10.2. The molecule has 1 amide bonds. The van der Waals surface area contributed by atoms with Crippen molar-refractivity contribution in [3.63, 3.8) is 0 Å². The molecule has 1 saturated heterocycles. The number of carbonyl (C=O) groups is 1. The van der Waals surface area contributed by atoms with Gasteiger partial charge in [-0.05, 0) is 50.6 Å². The number of aromatic nitrogens is 2. The first-order valence-electron chi connectivity index (χ1n) is 8.65. The van der Waals surface area contributed by atoms with Gasteiger partial charge >= 0.3 is 0 Å².